The lowest BCUT2D eigenvalue weighted by molar-refractivity contribution is 0.0763. The molecule has 2 aliphatic heterocycles. The number of piperidine rings is 1. The molecule has 100 valence electrons. The van der Waals surface area contributed by atoms with Crippen molar-refractivity contribution in [2.45, 2.75) is 71.4 Å². The van der Waals surface area contributed by atoms with Crippen LogP contribution in [0.2, 0.25) is 0 Å². The first-order chi connectivity index (χ1) is 8.21. The Hall–Kier alpha value is -0.0800. The number of rotatable bonds is 4. The highest BCUT2D eigenvalue weighted by Crippen LogP contribution is 2.37. The Bertz CT molecular complexity index is 233. The van der Waals surface area contributed by atoms with Gasteiger partial charge in [0.05, 0.1) is 0 Å². The zero-order valence-electron chi connectivity index (χ0n) is 12.0. The van der Waals surface area contributed by atoms with Crippen LogP contribution in [-0.4, -0.2) is 36.6 Å². The third kappa shape index (κ3) is 2.85. The van der Waals surface area contributed by atoms with Crippen LogP contribution >= 0.6 is 0 Å². The Kier molecular flexibility index (Phi) is 4.48. The summed E-state index contributed by atoms with van der Waals surface area (Å²) in [6.07, 6.45) is 8.29. The first-order valence-electron chi connectivity index (χ1n) is 7.67. The Morgan fingerprint density at radius 3 is 2.47 bits per heavy atom. The van der Waals surface area contributed by atoms with Crippen LogP contribution in [0.3, 0.4) is 0 Å². The van der Waals surface area contributed by atoms with E-state index in [1.807, 2.05) is 0 Å². The van der Waals surface area contributed by atoms with Gasteiger partial charge in [-0.25, -0.2) is 0 Å². The summed E-state index contributed by atoms with van der Waals surface area (Å²) < 4.78 is 0. The minimum absolute atomic E-state index is 0.608. The largest absolute Gasteiger partial charge is 0.317 e. The maximum absolute atomic E-state index is 3.52. The molecule has 0 aromatic rings. The van der Waals surface area contributed by atoms with Crippen LogP contribution < -0.4 is 5.32 Å². The summed E-state index contributed by atoms with van der Waals surface area (Å²) in [5.74, 6) is 0. The molecule has 2 heterocycles. The monoisotopic (exact) mass is 238 g/mol. The Morgan fingerprint density at radius 2 is 1.88 bits per heavy atom. The number of likely N-dealkylation sites (tertiary alicyclic amines) is 1. The van der Waals surface area contributed by atoms with E-state index in [4.69, 9.17) is 0 Å². The second-order valence-electron chi connectivity index (χ2n) is 6.26. The predicted octanol–water partition coefficient (Wildman–Crippen LogP) is 3.03. The average molecular weight is 238 g/mol. The molecular formula is C15H30N2. The standard InChI is InChI=1S/C15H30N2/c1-4-14-7-6-13(3)17(14)12-15(5-2)8-10-16-11-9-15/h13-14,16H,4-12H2,1-3H3. The van der Waals surface area contributed by atoms with Gasteiger partial charge in [-0.05, 0) is 64.0 Å². The van der Waals surface area contributed by atoms with Crippen LogP contribution in [0.1, 0.15) is 59.3 Å². The van der Waals surface area contributed by atoms with Gasteiger partial charge in [-0.15, -0.1) is 0 Å². The molecule has 0 radical (unpaired) electrons. The molecule has 2 unspecified atom stereocenters. The van der Waals surface area contributed by atoms with Crippen molar-refractivity contribution >= 4 is 0 Å². The third-order valence-electron chi connectivity index (χ3n) is 5.36. The summed E-state index contributed by atoms with van der Waals surface area (Å²) in [7, 11) is 0. The van der Waals surface area contributed by atoms with Gasteiger partial charge in [0.25, 0.3) is 0 Å². The second-order valence-corrected chi connectivity index (χ2v) is 6.26. The van der Waals surface area contributed by atoms with E-state index >= 15 is 0 Å². The van der Waals surface area contributed by atoms with E-state index in [2.05, 4.69) is 31.0 Å². The SMILES string of the molecule is CCC1CCC(C)N1CC1(CC)CCNCC1. The van der Waals surface area contributed by atoms with Crippen LogP contribution in [0.15, 0.2) is 0 Å². The summed E-state index contributed by atoms with van der Waals surface area (Å²) in [4.78, 5) is 2.83. The summed E-state index contributed by atoms with van der Waals surface area (Å²) >= 11 is 0. The second kappa shape index (κ2) is 5.71. The van der Waals surface area contributed by atoms with Gasteiger partial charge < -0.3 is 5.32 Å². The van der Waals surface area contributed by atoms with Gasteiger partial charge in [-0.3, -0.25) is 4.90 Å². The van der Waals surface area contributed by atoms with E-state index < -0.39 is 0 Å². The molecule has 0 aliphatic carbocycles. The van der Waals surface area contributed by atoms with E-state index in [1.165, 1.54) is 58.2 Å². The van der Waals surface area contributed by atoms with Crippen molar-refractivity contribution in [1.29, 1.82) is 0 Å². The van der Waals surface area contributed by atoms with E-state index in [0.29, 0.717) is 5.41 Å². The molecule has 2 fully saturated rings. The van der Waals surface area contributed by atoms with Crippen molar-refractivity contribution < 1.29 is 0 Å². The molecule has 0 aromatic heterocycles. The first-order valence-corrected chi connectivity index (χ1v) is 7.67. The highest BCUT2D eigenvalue weighted by atomic mass is 15.2. The molecule has 1 N–H and O–H groups in total. The van der Waals surface area contributed by atoms with E-state index in [9.17, 15) is 0 Å². The molecule has 17 heavy (non-hydrogen) atoms. The van der Waals surface area contributed by atoms with Gasteiger partial charge in [0.15, 0.2) is 0 Å². The number of nitrogens with one attached hydrogen (secondary N) is 1. The topological polar surface area (TPSA) is 15.3 Å². The van der Waals surface area contributed by atoms with Gasteiger partial charge in [-0.1, -0.05) is 13.8 Å². The fourth-order valence-electron chi connectivity index (χ4n) is 3.82. The number of nitrogens with zero attached hydrogens (tertiary/aromatic N) is 1. The summed E-state index contributed by atoms with van der Waals surface area (Å²) in [6, 6.07) is 1.68. The highest BCUT2D eigenvalue weighted by molar-refractivity contribution is 4.92. The third-order valence-corrected chi connectivity index (χ3v) is 5.36. The van der Waals surface area contributed by atoms with Crippen molar-refractivity contribution in [2.24, 2.45) is 5.41 Å². The fourth-order valence-corrected chi connectivity index (χ4v) is 3.82. The van der Waals surface area contributed by atoms with Gasteiger partial charge >= 0.3 is 0 Å². The lowest BCUT2D eigenvalue weighted by Gasteiger charge is -2.43. The zero-order valence-corrected chi connectivity index (χ0v) is 12.0. The summed E-state index contributed by atoms with van der Waals surface area (Å²) in [5, 5.41) is 3.52. The molecule has 2 saturated heterocycles. The van der Waals surface area contributed by atoms with Gasteiger partial charge in [-0.2, -0.15) is 0 Å². The minimum atomic E-state index is 0.608. The molecule has 0 saturated carbocycles. The Morgan fingerprint density at radius 1 is 1.18 bits per heavy atom. The quantitative estimate of drug-likeness (QED) is 0.810. The molecule has 0 bridgehead atoms. The summed E-state index contributed by atoms with van der Waals surface area (Å²) in [5.41, 5.74) is 0.608. The number of hydrogen-bond acceptors (Lipinski definition) is 2. The molecule has 2 atom stereocenters. The van der Waals surface area contributed by atoms with Crippen LogP contribution in [-0.2, 0) is 0 Å². The predicted molar refractivity (Wildman–Crippen MR) is 74.3 cm³/mol. The number of hydrogen-bond donors (Lipinski definition) is 1. The van der Waals surface area contributed by atoms with E-state index in [1.54, 1.807) is 0 Å². The van der Waals surface area contributed by atoms with Crippen molar-refractivity contribution in [3.05, 3.63) is 0 Å². The molecule has 2 heteroatoms. The summed E-state index contributed by atoms with van der Waals surface area (Å²) in [6.45, 7) is 11.0. The smallest absolute Gasteiger partial charge is 0.00962 e. The van der Waals surface area contributed by atoms with Crippen LogP contribution in [0.25, 0.3) is 0 Å². The lowest BCUT2D eigenvalue weighted by atomic mass is 9.76. The molecule has 2 nitrogen and oxygen atoms in total. The minimum Gasteiger partial charge on any atom is -0.317 e. The molecule has 0 amide bonds. The van der Waals surface area contributed by atoms with Crippen molar-refractivity contribution in [1.82, 2.24) is 10.2 Å². The molecular weight excluding hydrogens is 208 g/mol. The zero-order chi connectivity index (χ0) is 12.3. The van der Waals surface area contributed by atoms with Crippen LogP contribution in [0.4, 0.5) is 0 Å². The molecule has 2 rings (SSSR count). The van der Waals surface area contributed by atoms with Crippen molar-refractivity contribution in [2.75, 3.05) is 19.6 Å². The van der Waals surface area contributed by atoms with Crippen LogP contribution in [0.5, 0.6) is 0 Å². The van der Waals surface area contributed by atoms with E-state index in [0.717, 1.165) is 12.1 Å². The lowest BCUT2D eigenvalue weighted by Crippen LogP contribution is -2.47. The van der Waals surface area contributed by atoms with Crippen LogP contribution in [0, 0.1) is 5.41 Å². The Labute approximate surface area is 107 Å². The average Bonchev–Trinajstić information content (AvgIpc) is 2.72. The van der Waals surface area contributed by atoms with Crippen molar-refractivity contribution in [3.63, 3.8) is 0 Å². The van der Waals surface area contributed by atoms with Crippen molar-refractivity contribution in [3.8, 4) is 0 Å². The fraction of sp³-hybridized carbons (Fsp3) is 1.00. The highest BCUT2D eigenvalue weighted by Gasteiger charge is 2.37. The maximum Gasteiger partial charge on any atom is 0.00962 e. The molecule has 2 aliphatic rings. The van der Waals surface area contributed by atoms with Gasteiger partial charge in [0.2, 0.25) is 0 Å². The molecule has 0 aromatic carbocycles. The normalized spacial score (nSPS) is 34.1. The Balaban J connectivity index is 2.01. The van der Waals surface area contributed by atoms with Gasteiger partial charge in [0, 0.05) is 18.6 Å². The van der Waals surface area contributed by atoms with Gasteiger partial charge in [0.1, 0.15) is 0 Å². The first kappa shape index (κ1) is 13.4. The van der Waals surface area contributed by atoms with E-state index in [-0.39, 0.29) is 0 Å². The maximum atomic E-state index is 3.52. The molecule has 0 spiro atoms.